The molecular weight excluding hydrogens is 440 g/mol. The molecule has 178 valence electrons. The highest BCUT2D eigenvalue weighted by atomic mass is 32.2. The molecule has 2 aromatic heterocycles. The maximum Gasteiger partial charge on any atom is 0.100 e. The summed E-state index contributed by atoms with van der Waals surface area (Å²) >= 11 is 0. The first kappa shape index (κ1) is 24.3. The zero-order valence-electron chi connectivity index (χ0n) is 20.7. The summed E-state index contributed by atoms with van der Waals surface area (Å²) in [7, 11) is -1.45. The molecular formula is C28H34N4OS. The summed E-state index contributed by atoms with van der Waals surface area (Å²) in [5, 5.41) is 12.1. The summed E-state index contributed by atoms with van der Waals surface area (Å²) in [5.74, 6) is 0.0796. The van der Waals surface area contributed by atoms with Crippen LogP contribution in [-0.4, -0.2) is 23.7 Å². The predicted molar refractivity (Wildman–Crippen MR) is 142 cm³/mol. The van der Waals surface area contributed by atoms with Crippen LogP contribution in [0.25, 0.3) is 22.2 Å². The molecule has 2 heterocycles. The van der Waals surface area contributed by atoms with Crippen LogP contribution in [0.3, 0.4) is 0 Å². The number of para-hydroxylation sites is 1. The molecule has 0 aliphatic carbocycles. The highest BCUT2D eigenvalue weighted by molar-refractivity contribution is 7.84. The molecule has 34 heavy (non-hydrogen) atoms. The number of hydrogen-bond acceptors (Lipinski definition) is 3. The topological polar surface area (TPSA) is 73.8 Å². The summed E-state index contributed by atoms with van der Waals surface area (Å²) in [6.07, 6.45) is 1.41. The Morgan fingerprint density at radius 3 is 2.41 bits per heavy atom. The van der Waals surface area contributed by atoms with Crippen molar-refractivity contribution in [2.75, 3.05) is 0 Å². The Kier molecular flexibility index (Phi) is 7.01. The van der Waals surface area contributed by atoms with Crippen LogP contribution in [0.4, 0.5) is 0 Å². The summed E-state index contributed by atoms with van der Waals surface area (Å²) < 4.78 is 14.0. The minimum atomic E-state index is -1.45. The number of aryl methyl sites for hydroxylation is 1. The highest BCUT2D eigenvalue weighted by Crippen LogP contribution is 2.39. The van der Waals surface area contributed by atoms with Gasteiger partial charge in [-0.2, -0.15) is 5.10 Å². The van der Waals surface area contributed by atoms with Crippen LogP contribution in [0.1, 0.15) is 63.0 Å². The lowest BCUT2D eigenvalue weighted by Crippen LogP contribution is -2.34. The SMILES string of the molecule is Cc1cccc(C[C@@H](CC(C)(C)S(N)=O)c2ccccc2-c2nn(C(C)C)c3ccccc23)n1. The number of rotatable bonds is 8. The number of nitrogens with two attached hydrogens (primary N) is 1. The van der Waals surface area contributed by atoms with E-state index in [4.69, 9.17) is 15.2 Å². The molecule has 0 aliphatic rings. The van der Waals surface area contributed by atoms with Crippen molar-refractivity contribution in [3.8, 4) is 11.3 Å². The van der Waals surface area contributed by atoms with Crippen molar-refractivity contribution in [3.63, 3.8) is 0 Å². The molecule has 0 aliphatic heterocycles. The van der Waals surface area contributed by atoms with E-state index in [0.29, 0.717) is 6.42 Å². The molecule has 5 nitrogen and oxygen atoms in total. The summed E-state index contributed by atoms with van der Waals surface area (Å²) in [6.45, 7) is 10.3. The van der Waals surface area contributed by atoms with Gasteiger partial charge in [-0.05, 0) is 77.1 Å². The van der Waals surface area contributed by atoms with Crippen LogP contribution < -0.4 is 5.14 Å². The molecule has 4 rings (SSSR count). The number of aromatic nitrogens is 3. The Balaban J connectivity index is 1.88. The van der Waals surface area contributed by atoms with Gasteiger partial charge < -0.3 is 0 Å². The van der Waals surface area contributed by atoms with Crippen molar-refractivity contribution < 1.29 is 4.21 Å². The number of nitrogens with zero attached hydrogens (tertiary/aromatic N) is 3. The maximum absolute atomic E-state index is 12.4. The number of pyridine rings is 1. The minimum Gasteiger partial charge on any atom is -0.262 e. The second kappa shape index (κ2) is 9.80. The van der Waals surface area contributed by atoms with Gasteiger partial charge in [0.05, 0.1) is 21.2 Å². The molecule has 0 spiro atoms. The second-order valence-corrected chi connectivity index (χ2v) is 11.6. The lowest BCUT2D eigenvalue weighted by molar-refractivity contribution is 0.511. The number of benzene rings is 2. The van der Waals surface area contributed by atoms with Gasteiger partial charge in [0.2, 0.25) is 0 Å². The summed E-state index contributed by atoms with van der Waals surface area (Å²) in [6, 6.07) is 23.2. The van der Waals surface area contributed by atoms with Gasteiger partial charge in [-0.15, -0.1) is 0 Å². The van der Waals surface area contributed by atoms with E-state index < -0.39 is 15.7 Å². The Hall–Kier alpha value is -2.83. The first-order valence-corrected chi connectivity index (χ1v) is 13.0. The fraction of sp³-hybridized carbons (Fsp3) is 0.357. The van der Waals surface area contributed by atoms with Crippen LogP contribution in [-0.2, 0) is 17.4 Å². The van der Waals surface area contributed by atoms with Gasteiger partial charge in [0, 0.05) is 28.4 Å². The average molecular weight is 475 g/mol. The monoisotopic (exact) mass is 474 g/mol. The van der Waals surface area contributed by atoms with Crippen LogP contribution in [0.5, 0.6) is 0 Å². The first-order chi connectivity index (χ1) is 16.2. The van der Waals surface area contributed by atoms with Crippen molar-refractivity contribution >= 4 is 21.9 Å². The largest absolute Gasteiger partial charge is 0.262 e. The number of fused-ring (bicyclic) bond motifs is 1. The third kappa shape index (κ3) is 4.98. The van der Waals surface area contributed by atoms with E-state index in [9.17, 15) is 4.21 Å². The standard InChI is InChI=1S/C28H34N4OS/c1-19(2)32-26-16-9-8-15-25(26)27(31-32)24-14-7-6-13-23(24)21(18-28(4,5)34(29)33)17-22-12-10-11-20(3)30-22/h6-16,19,21H,17-18,29H2,1-5H3/t21-,34?/m0/s1. The van der Waals surface area contributed by atoms with E-state index >= 15 is 0 Å². The van der Waals surface area contributed by atoms with Crippen LogP contribution >= 0.6 is 0 Å². The third-order valence-corrected chi connectivity index (χ3v) is 7.70. The zero-order chi connectivity index (χ0) is 24.5. The highest BCUT2D eigenvalue weighted by Gasteiger charge is 2.31. The smallest absolute Gasteiger partial charge is 0.100 e. The molecule has 0 saturated carbocycles. The average Bonchev–Trinajstić information content (AvgIpc) is 3.18. The Morgan fingerprint density at radius 2 is 1.71 bits per heavy atom. The van der Waals surface area contributed by atoms with Gasteiger partial charge in [-0.1, -0.05) is 48.5 Å². The fourth-order valence-electron chi connectivity index (χ4n) is 4.68. The van der Waals surface area contributed by atoms with E-state index in [2.05, 4.69) is 73.1 Å². The van der Waals surface area contributed by atoms with Gasteiger partial charge in [0.1, 0.15) is 5.69 Å². The quantitative estimate of drug-likeness (QED) is 0.335. The number of hydrogen-bond donors (Lipinski definition) is 1. The molecule has 0 bridgehead atoms. The molecule has 0 fully saturated rings. The van der Waals surface area contributed by atoms with Gasteiger partial charge in [0.25, 0.3) is 0 Å². The normalized spacial score (nSPS) is 14.0. The molecule has 2 atom stereocenters. The lowest BCUT2D eigenvalue weighted by atomic mass is 9.83. The van der Waals surface area contributed by atoms with Crippen molar-refractivity contribution in [2.45, 2.75) is 64.2 Å². The van der Waals surface area contributed by atoms with E-state index in [1.54, 1.807) is 0 Å². The lowest BCUT2D eigenvalue weighted by Gasteiger charge is -2.29. The minimum absolute atomic E-state index is 0.0796. The Bertz CT molecular complexity index is 1320. The van der Waals surface area contributed by atoms with Crippen molar-refractivity contribution in [3.05, 3.63) is 83.7 Å². The third-order valence-electron chi connectivity index (χ3n) is 6.44. The van der Waals surface area contributed by atoms with Crippen molar-refractivity contribution in [1.82, 2.24) is 14.8 Å². The fourth-order valence-corrected chi connectivity index (χ4v) is 5.05. The van der Waals surface area contributed by atoms with E-state index in [1.165, 1.54) is 5.56 Å². The maximum atomic E-state index is 12.4. The van der Waals surface area contributed by atoms with Crippen molar-refractivity contribution in [1.29, 1.82) is 0 Å². The van der Waals surface area contributed by atoms with Gasteiger partial charge >= 0.3 is 0 Å². The van der Waals surface area contributed by atoms with Crippen molar-refractivity contribution in [2.24, 2.45) is 5.14 Å². The Labute approximate surface area is 205 Å². The molecule has 0 radical (unpaired) electrons. The zero-order valence-corrected chi connectivity index (χ0v) is 21.5. The molecule has 4 aromatic rings. The van der Waals surface area contributed by atoms with E-state index in [1.807, 2.05) is 32.9 Å². The van der Waals surface area contributed by atoms with Crippen LogP contribution in [0.15, 0.2) is 66.7 Å². The second-order valence-electron chi connectivity index (χ2n) is 9.92. The summed E-state index contributed by atoms with van der Waals surface area (Å²) in [5.41, 5.74) is 6.41. The molecule has 2 N–H and O–H groups in total. The summed E-state index contributed by atoms with van der Waals surface area (Å²) in [4.78, 5) is 4.77. The molecule has 2 aromatic carbocycles. The molecule has 1 unspecified atom stereocenters. The van der Waals surface area contributed by atoms with Crippen LogP contribution in [0, 0.1) is 6.92 Å². The van der Waals surface area contributed by atoms with Crippen LogP contribution in [0.2, 0.25) is 0 Å². The molecule has 0 saturated heterocycles. The predicted octanol–water partition coefficient (Wildman–Crippen LogP) is 6.11. The van der Waals surface area contributed by atoms with Gasteiger partial charge in [-0.25, -0.2) is 4.21 Å². The Morgan fingerprint density at radius 1 is 1.00 bits per heavy atom. The van der Waals surface area contributed by atoms with Gasteiger partial charge in [-0.3, -0.25) is 14.8 Å². The van der Waals surface area contributed by atoms with Gasteiger partial charge in [0.15, 0.2) is 0 Å². The van der Waals surface area contributed by atoms with E-state index in [-0.39, 0.29) is 12.0 Å². The van der Waals surface area contributed by atoms with E-state index in [0.717, 1.165) is 40.0 Å². The molecule has 0 amide bonds. The molecule has 6 heteroatoms. The first-order valence-electron chi connectivity index (χ1n) is 11.8.